The molecule has 0 atom stereocenters. The number of nitrogens with one attached hydrogen (secondary N) is 2. The Labute approximate surface area is 171 Å². The van der Waals surface area contributed by atoms with E-state index in [0.717, 1.165) is 5.56 Å². The maximum atomic E-state index is 12.9. The second-order valence-electron chi connectivity index (χ2n) is 6.54. The van der Waals surface area contributed by atoms with Gasteiger partial charge in [0.25, 0.3) is 17.3 Å². The fourth-order valence-corrected chi connectivity index (χ4v) is 2.83. The standard InChI is InChI=1S/C21H18N4O5/c1-14-7-8-17(25(29)30)12-20(14)23-21(26)18-11-16(24(27)28)9-10-19(18)22-13-15-5-3-2-4-6-15/h2-12,22H,13H2,1H3,(H,23,26). The molecule has 0 fully saturated rings. The molecule has 30 heavy (non-hydrogen) atoms. The topological polar surface area (TPSA) is 127 Å². The molecule has 9 nitrogen and oxygen atoms in total. The van der Waals surface area contributed by atoms with Crippen molar-refractivity contribution < 1.29 is 14.6 Å². The summed E-state index contributed by atoms with van der Waals surface area (Å²) in [5.74, 6) is -0.613. The highest BCUT2D eigenvalue weighted by molar-refractivity contribution is 6.09. The molecule has 3 aromatic rings. The van der Waals surface area contributed by atoms with Crippen LogP contribution in [-0.4, -0.2) is 15.8 Å². The van der Waals surface area contributed by atoms with Crippen molar-refractivity contribution in [1.82, 2.24) is 0 Å². The lowest BCUT2D eigenvalue weighted by Crippen LogP contribution is -2.16. The Morgan fingerprint density at radius 1 is 0.867 bits per heavy atom. The highest BCUT2D eigenvalue weighted by Crippen LogP contribution is 2.26. The number of rotatable bonds is 7. The first-order valence-corrected chi connectivity index (χ1v) is 8.98. The minimum Gasteiger partial charge on any atom is -0.380 e. The Morgan fingerprint density at radius 2 is 1.50 bits per heavy atom. The third-order valence-corrected chi connectivity index (χ3v) is 4.46. The monoisotopic (exact) mass is 406 g/mol. The molecule has 0 aliphatic rings. The first-order chi connectivity index (χ1) is 14.3. The number of carbonyl (C=O) groups is 1. The number of benzene rings is 3. The summed E-state index contributed by atoms with van der Waals surface area (Å²) in [6.07, 6.45) is 0. The van der Waals surface area contributed by atoms with Crippen LogP contribution in [0.2, 0.25) is 0 Å². The lowest BCUT2D eigenvalue weighted by Gasteiger charge is -2.13. The fraction of sp³-hybridized carbons (Fsp3) is 0.0952. The van der Waals surface area contributed by atoms with Crippen LogP contribution in [-0.2, 0) is 6.54 Å². The number of carbonyl (C=O) groups excluding carboxylic acids is 1. The Hall–Kier alpha value is -4.27. The van der Waals surface area contributed by atoms with Crippen molar-refractivity contribution in [3.8, 4) is 0 Å². The van der Waals surface area contributed by atoms with Gasteiger partial charge in [-0.15, -0.1) is 0 Å². The van der Waals surface area contributed by atoms with E-state index in [9.17, 15) is 25.0 Å². The molecular formula is C21H18N4O5. The summed E-state index contributed by atoms with van der Waals surface area (Å²) in [5.41, 5.74) is 1.92. The van der Waals surface area contributed by atoms with Gasteiger partial charge >= 0.3 is 0 Å². The molecule has 0 unspecified atom stereocenters. The first-order valence-electron chi connectivity index (χ1n) is 8.98. The highest BCUT2D eigenvalue weighted by atomic mass is 16.6. The van der Waals surface area contributed by atoms with Gasteiger partial charge in [-0.25, -0.2) is 0 Å². The maximum absolute atomic E-state index is 12.9. The minimum atomic E-state index is -0.613. The molecule has 9 heteroatoms. The van der Waals surface area contributed by atoms with Gasteiger partial charge in [0.05, 0.1) is 21.1 Å². The van der Waals surface area contributed by atoms with Gasteiger partial charge in [0, 0.05) is 36.5 Å². The largest absolute Gasteiger partial charge is 0.380 e. The average molecular weight is 406 g/mol. The summed E-state index contributed by atoms with van der Waals surface area (Å²) in [5, 5.41) is 27.9. The van der Waals surface area contributed by atoms with E-state index in [0.29, 0.717) is 17.8 Å². The van der Waals surface area contributed by atoms with Crippen LogP contribution in [0.3, 0.4) is 0 Å². The predicted octanol–water partition coefficient (Wildman–Crippen LogP) is 4.68. The van der Waals surface area contributed by atoms with Gasteiger partial charge in [-0.1, -0.05) is 36.4 Å². The van der Waals surface area contributed by atoms with E-state index < -0.39 is 15.8 Å². The Morgan fingerprint density at radius 3 is 2.17 bits per heavy atom. The van der Waals surface area contributed by atoms with Crippen molar-refractivity contribution in [2.24, 2.45) is 0 Å². The van der Waals surface area contributed by atoms with Crippen LogP contribution >= 0.6 is 0 Å². The van der Waals surface area contributed by atoms with Crippen molar-refractivity contribution in [2.45, 2.75) is 13.5 Å². The molecule has 0 bridgehead atoms. The number of non-ortho nitro benzene ring substituents is 2. The number of anilines is 2. The van der Waals surface area contributed by atoms with Crippen LogP contribution in [0.4, 0.5) is 22.7 Å². The number of nitro benzene ring substituents is 2. The molecule has 0 spiro atoms. The van der Waals surface area contributed by atoms with E-state index in [-0.39, 0.29) is 22.6 Å². The smallest absolute Gasteiger partial charge is 0.271 e. The molecule has 0 heterocycles. The molecule has 0 aromatic heterocycles. The van der Waals surface area contributed by atoms with E-state index in [1.165, 1.54) is 36.4 Å². The Kier molecular flexibility index (Phi) is 6.02. The van der Waals surface area contributed by atoms with Crippen LogP contribution in [0.1, 0.15) is 21.5 Å². The summed E-state index contributed by atoms with van der Waals surface area (Å²) in [6.45, 7) is 2.11. The van der Waals surface area contributed by atoms with E-state index in [4.69, 9.17) is 0 Å². The molecule has 0 saturated heterocycles. The van der Waals surface area contributed by atoms with Gasteiger partial charge in [0.15, 0.2) is 0 Å². The normalized spacial score (nSPS) is 10.3. The minimum absolute atomic E-state index is 0.0611. The van der Waals surface area contributed by atoms with Crippen LogP contribution in [0, 0.1) is 27.2 Å². The van der Waals surface area contributed by atoms with Crippen molar-refractivity contribution in [2.75, 3.05) is 10.6 Å². The molecule has 152 valence electrons. The zero-order chi connectivity index (χ0) is 21.7. The summed E-state index contributed by atoms with van der Waals surface area (Å²) in [7, 11) is 0. The van der Waals surface area contributed by atoms with Crippen molar-refractivity contribution in [1.29, 1.82) is 0 Å². The number of hydrogen-bond donors (Lipinski definition) is 2. The van der Waals surface area contributed by atoms with E-state index in [2.05, 4.69) is 10.6 Å². The Bertz CT molecular complexity index is 1120. The summed E-state index contributed by atoms with van der Waals surface area (Å²) < 4.78 is 0. The van der Waals surface area contributed by atoms with Crippen LogP contribution < -0.4 is 10.6 Å². The number of aryl methyl sites for hydroxylation is 1. The van der Waals surface area contributed by atoms with Crippen molar-refractivity contribution in [3.05, 3.63) is 104 Å². The zero-order valence-corrected chi connectivity index (χ0v) is 16.0. The zero-order valence-electron chi connectivity index (χ0n) is 16.0. The summed E-state index contributed by atoms with van der Waals surface area (Å²) >= 11 is 0. The number of amides is 1. The molecule has 0 radical (unpaired) electrons. The lowest BCUT2D eigenvalue weighted by molar-refractivity contribution is -0.385. The SMILES string of the molecule is Cc1ccc([N+](=O)[O-])cc1NC(=O)c1cc([N+](=O)[O-])ccc1NCc1ccccc1. The van der Waals surface area contributed by atoms with Crippen LogP contribution in [0.25, 0.3) is 0 Å². The number of nitrogens with zero attached hydrogens (tertiary/aromatic N) is 2. The van der Waals surface area contributed by atoms with Crippen molar-refractivity contribution in [3.63, 3.8) is 0 Å². The van der Waals surface area contributed by atoms with Crippen molar-refractivity contribution >= 4 is 28.7 Å². The third kappa shape index (κ3) is 4.76. The number of nitro groups is 2. The predicted molar refractivity (Wildman–Crippen MR) is 113 cm³/mol. The maximum Gasteiger partial charge on any atom is 0.271 e. The highest BCUT2D eigenvalue weighted by Gasteiger charge is 2.19. The first kappa shape index (κ1) is 20.5. The van der Waals surface area contributed by atoms with E-state index >= 15 is 0 Å². The molecule has 0 saturated carbocycles. The summed E-state index contributed by atoms with van der Waals surface area (Å²) in [6, 6.07) is 17.5. The molecule has 3 aromatic carbocycles. The molecule has 0 aliphatic carbocycles. The van der Waals surface area contributed by atoms with Gasteiger partial charge in [-0.05, 0) is 24.1 Å². The third-order valence-electron chi connectivity index (χ3n) is 4.46. The second-order valence-corrected chi connectivity index (χ2v) is 6.54. The summed E-state index contributed by atoms with van der Waals surface area (Å²) in [4.78, 5) is 34.0. The van der Waals surface area contributed by atoms with E-state index in [1.54, 1.807) is 6.92 Å². The van der Waals surface area contributed by atoms with Gasteiger partial charge < -0.3 is 10.6 Å². The quantitative estimate of drug-likeness (QED) is 0.433. The fourth-order valence-electron chi connectivity index (χ4n) is 2.83. The molecule has 2 N–H and O–H groups in total. The lowest BCUT2D eigenvalue weighted by atomic mass is 10.1. The van der Waals surface area contributed by atoms with Gasteiger partial charge in [0.1, 0.15) is 0 Å². The van der Waals surface area contributed by atoms with Crippen LogP contribution in [0.5, 0.6) is 0 Å². The molecule has 3 rings (SSSR count). The second kappa shape index (κ2) is 8.82. The van der Waals surface area contributed by atoms with Gasteiger partial charge in [-0.2, -0.15) is 0 Å². The van der Waals surface area contributed by atoms with Crippen LogP contribution in [0.15, 0.2) is 66.7 Å². The van der Waals surface area contributed by atoms with Gasteiger partial charge in [-0.3, -0.25) is 25.0 Å². The van der Waals surface area contributed by atoms with E-state index in [1.807, 2.05) is 30.3 Å². The molecule has 0 aliphatic heterocycles. The Balaban J connectivity index is 1.91. The molecular weight excluding hydrogens is 388 g/mol. The average Bonchev–Trinajstić information content (AvgIpc) is 2.74. The molecule has 1 amide bonds. The van der Waals surface area contributed by atoms with Gasteiger partial charge in [0.2, 0.25) is 0 Å². The number of hydrogen-bond acceptors (Lipinski definition) is 6.